The van der Waals surface area contributed by atoms with Crippen molar-refractivity contribution in [2.45, 2.75) is 38.0 Å². The molecule has 1 aromatic rings. The molecule has 3 atom stereocenters. The van der Waals surface area contributed by atoms with Crippen LogP contribution >= 0.6 is 0 Å². The number of nitrogens with zero attached hydrogens (tertiary/aromatic N) is 2. The quantitative estimate of drug-likeness (QED) is 0.846. The number of methoxy groups -OCH3 is 1. The summed E-state index contributed by atoms with van der Waals surface area (Å²) < 4.78 is 11.3. The van der Waals surface area contributed by atoms with E-state index in [1.807, 2.05) is 17.0 Å². The molecule has 2 bridgehead atoms. The van der Waals surface area contributed by atoms with Gasteiger partial charge in [0.05, 0.1) is 25.2 Å². The van der Waals surface area contributed by atoms with E-state index in [0.29, 0.717) is 5.91 Å². The molecule has 0 aliphatic carbocycles. The molecule has 24 heavy (non-hydrogen) atoms. The zero-order chi connectivity index (χ0) is 16.5. The Kier molecular flexibility index (Phi) is 4.46. The van der Waals surface area contributed by atoms with Gasteiger partial charge in [-0.15, -0.1) is 0 Å². The molecule has 0 aromatic heterocycles. The van der Waals surface area contributed by atoms with E-state index >= 15 is 0 Å². The van der Waals surface area contributed by atoms with Crippen LogP contribution in [-0.4, -0.2) is 61.2 Å². The van der Waals surface area contributed by atoms with Gasteiger partial charge in [0.1, 0.15) is 5.75 Å². The maximum atomic E-state index is 12.7. The van der Waals surface area contributed by atoms with Gasteiger partial charge in [0.15, 0.2) is 0 Å². The van der Waals surface area contributed by atoms with Crippen LogP contribution in [0, 0.1) is 5.92 Å². The fourth-order valence-electron chi connectivity index (χ4n) is 4.29. The van der Waals surface area contributed by atoms with E-state index in [2.05, 4.69) is 17.0 Å². The van der Waals surface area contributed by atoms with Crippen molar-refractivity contribution in [3.63, 3.8) is 0 Å². The summed E-state index contributed by atoms with van der Waals surface area (Å²) in [5, 5.41) is 0. The van der Waals surface area contributed by atoms with Gasteiger partial charge in [-0.2, -0.15) is 0 Å². The summed E-state index contributed by atoms with van der Waals surface area (Å²) in [5.74, 6) is 1.28. The number of carbonyl (C=O) groups excluding carboxylic acids is 1. The first kappa shape index (κ1) is 15.9. The number of carbonyl (C=O) groups is 1. The van der Waals surface area contributed by atoms with Gasteiger partial charge < -0.3 is 14.4 Å². The molecular formula is C19H26N2O3. The molecule has 130 valence electrons. The lowest BCUT2D eigenvalue weighted by atomic mass is 9.99. The summed E-state index contributed by atoms with van der Waals surface area (Å²) in [4.78, 5) is 17.2. The number of ether oxygens (including phenoxy) is 2. The minimum atomic E-state index is 0.0639. The second kappa shape index (κ2) is 6.73. The van der Waals surface area contributed by atoms with Crippen LogP contribution in [-0.2, 0) is 16.1 Å². The molecule has 0 spiro atoms. The zero-order valence-corrected chi connectivity index (χ0v) is 14.3. The van der Waals surface area contributed by atoms with E-state index < -0.39 is 0 Å². The molecule has 3 fully saturated rings. The van der Waals surface area contributed by atoms with Crippen molar-refractivity contribution in [2.75, 3.05) is 33.3 Å². The van der Waals surface area contributed by atoms with Crippen LogP contribution in [0.1, 0.15) is 24.8 Å². The lowest BCUT2D eigenvalue weighted by Gasteiger charge is -2.33. The van der Waals surface area contributed by atoms with Crippen LogP contribution in [0.4, 0.5) is 0 Å². The zero-order valence-electron chi connectivity index (χ0n) is 14.3. The number of rotatable bonds is 4. The standard InChI is InChI=1S/C19H26N2O3/c1-23-15-6-4-14(5-7-15)11-20-12-16-10-17(18(13-20)24-16)19(22)21-8-2-3-9-21/h4-7,16-18H,2-3,8-13H2,1H3. The molecule has 5 heteroatoms. The Morgan fingerprint density at radius 2 is 1.96 bits per heavy atom. The number of hydrogen-bond donors (Lipinski definition) is 0. The predicted octanol–water partition coefficient (Wildman–Crippen LogP) is 1.91. The third kappa shape index (κ3) is 3.15. The highest BCUT2D eigenvalue weighted by molar-refractivity contribution is 5.80. The van der Waals surface area contributed by atoms with Gasteiger partial charge in [-0.25, -0.2) is 0 Å². The number of morpholine rings is 1. The molecule has 0 N–H and O–H groups in total. The average molecular weight is 330 g/mol. The van der Waals surface area contributed by atoms with Gasteiger partial charge in [0.2, 0.25) is 5.91 Å². The van der Waals surface area contributed by atoms with E-state index in [0.717, 1.165) is 57.7 Å². The molecule has 3 aliphatic rings. The highest BCUT2D eigenvalue weighted by Gasteiger charge is 2.45. The second-order valence-electron chi connectivity index (χ2n) is 7.21. The van der Waals surface area contributed by atoms with Crippen LogP contribution in [0.5, 0.6) is 5.75 Å². The molecule has 3 heterocycles. The smallest absolute Gasteiger partial charge is 0.228 e. The fraction of sp³-hybridized carbons (Fsp3) is 0.632. The van der Waals surface area contributed by atoms with Crippen molar-refractivity contribution in [3.8, 4) is 5.75 Å². The van der Waals surface area contributed by atoms with E-state index in [4.69, 9.17) is 9.47 Å². The van der Waals surface area contributed by atoms with Crippen LogP contribution in [0.25, 0.3) is 0 Å². The molecule has 3 aliphatic heterocycles. The maximum Gasteiger partial charge on any atom is 0.228 e. The third-order valence-corrected chi connectivity index (χ3v) is 5.53. The van der Waals surface area contributed by atoms with Crippen LogP contribution in [0.15, 0.2) is 24.3 Å². The topological polar surface area (TPSA) is 42.0 Å². The van der Waals surface area contributed by atoms with Crippen molar-refractivity contribution >= 4 is 5.91 Å². The SMILES string of the molecule is COc1ccc(CN2CC3CC(C(=O)N4CCCC4)C(C2)O3)cc1. The Morgan fingerprint density at radius 3 is 2.67 bits per heavy atom. The van der Waals surface area contributed by atoms with Crippen molar-refractivity contribution in [2.24, 2.45) is 5.92 Å². The van der Waals surface area contributed by atoms with Crippen LogP contribution in [0.3, 0.4) is 0 Å². The summed E-state index contributed by atoms with van der Waals surface area (Å²) in [5.41, 5.74) is 1.28. The molecule has 5 nitrogen and oxygen atoms in total. The first-order valence-corrected chi connectivity index (χ1v) is 9.02. The molecule has 3 saturated heterocycles. The Balaban J connectivity index is 1.38. The first-order chi connectivity index (χ1) is 11.7. The second-order valence-corrected chi connectivity index (χ2v) is 7.21. The van der Waals surface area contributed by atoms with Crippen molar-refractivity contribution < 1.29 is 14.3 Å². The summed E-state index contributed by atoms with van der Waals surface area (Å²) >= 11 is 0. The number of benzene rings is 1. The van der Waals surface area contributed by atoms with Crippen molar-refractivity contribution in [1.82, 2.24) is 9.80 Å². The monoisotopic (exact) mass is 330 g/mol. The molecule has 1 amide bonds. The molecule has 4 rings (SSSR count). The normalized spacial score (nSPS) is 29.9. The number of amides is 1. The third-order valence-electron chi connectivity index (χ3n) is 5.53. The van der Waals surface area contributed by atoms with Crippen LogP contribution in [0.2, 0.25) is 0 Å². The maximum absolute atomic E-state index is 12.7. The molecule has 0 radical (unpaired) electrons. The molecule has 1 aromatic carbocycles. The van der Waals surface area contributed by atoms with Crippen molar-refractivity contribution in [1.29, 1.82) is 0 Å². The van der Waals surface area contributed by atoms with Gasteiger partial charge in [-0.05, 0) is 37.0 Å². The van der Waals surface area contributed by atoms with Gasteiger partial charge in [0, 0.05) is 32.7 Å². The summed E-state index contributed by atoms with van der Waals surface area (Å²) in [6, 6.07) is 8.24. The van der Waals surface area contributed by atoms with E-state index in [1.165, 1.54) is 5.56 Å². The molecule has 0 saturated carbocycles. The highest BCUT2D eigenvalue weighted by atomic mass is 16.5. The Hall–Kier alpha value is -1.59. The van der Waals surface area contributed by atoms with E-state index in [9.17, 15) is 4.79 Å². The lowest BCUT2D eigenvalue weighted by Crippen LogP contribution is -2.45. The van der Waals surface area contributed by atoms with Crippen LogP contribution < -0.4 is 4.74 Å². The summed E-state index contributed by atoms with van der Waals surface area (Å²) in [7, 11) is 1.69. The summed E-state index contributed by atoms with van der Waals surface area (Å²) in [6.07, 6.45) is 3.46. The fourth-order valence-corrected chi connectivity index (χ4v) is 4.29. The summed E-state index contributed by atoms with van der Waals surface area (Å²) in [6.45, 7) is 4.55. The van der Waals surface area contributed by atoms with Gasteiger partial charge >= 0.3 is 0 Å². The first-order valence-electron chi connectivity index (χ1n) is 9.02. The van der Waals surface area contributed by atoms with E-state index in [-0.39, 0.29) is 18.1 Å². The van der Waals surface area contributed by atoms with Gasteiger partial charge in [-0.3, -0.25) is 9.69 Å². The van der Waals surface area contributed by atoms with Crippen molar-refractivity contribution in [3.05, 3.63) is 29.8 Å². The molecule has 3 unspecified atom stereocenters. The highest BCUT2D eigenvalue weighted by Crippen LogP contribution is 2.34. The minimum absolute atomic E-state index is 0.0639. The number of likely N-dealkylation sites (tertiary alicyclic amines) is 2. The van der Waals surface area contributed by atoms with Gasteiger partial charge in [0.25, 0.3) is 0 Å². The average Bonchev–Trinajstić information content (AvgIpc) is 3.23. The Bertz CT molecular complexity index is 583. The van der Waals surface area contributed by atoms with E-state index in [1.54, 1.807) is 7.11 Å². The predicted molar refractivity (Wildman–Crippen MR) is 90.9 cm³/mol. The minimum Gasteiger partial charge on any atom is -0.497 e. The largest absolute Gasteiger partial charge is 0.497 e. The Labute approximate surface area is 143 Å². The molecular weight excluding hydrogens is 304 g/mol. The number of hydrogen-bond acceptors (Lipinski definition) is 4. The number of fused-ring (bicyclic) bond motifs is 2. The van der Waals surface area contributed by atoms with Gasteiger partial charge in [-0.1, -0.05) is 12.1 Å². The Morgan fingerprint density at radius 1 is 1.21 bits per heavy atom. The lowest BCUT2D eigenvalue weighted by molar-refractivity contribution is -0.137.